The molecule has 2 aromatic rings. The van der Waals surface area contributed by atoms with Gasteiger partial charge in [0.25, 0.3) is 0 Å². The zero-order chi connectivity index (χ0) is 12.9. The SMILES string of the molecule is Cc1cccc2c(O)c3c(c(O)c12)CC=CC3C. The summed E-state index contributed by atoms with van der Waals surface area (Å²) in [6, 6.07) is 5.73. The van der Waals surface area contributed by atoms with Crippen LogP contribution in [0.3, 0.4) is 0 Å². The summed E-state index contributed by atoms with van der Waals surface area (Å²) in [7, 11) is 0. The van der Waals surface area contributed by atoms with Crippen LogP contribution in [0.15, 0.2) is 30.4 Å². The number of phenols is 2. The van der Waals surface area contributed by atoms with Gasteiger partial charge in [-0.2, -0.15) is 0 Å². The summed E-state index contributed by atoms with van der Waals surface area (Å²) >= 11 is 0. The highest BCUT2D eigenvalue weighted by molar-refractivity contribution is 5.98. The molecule has 0 saturated carbocycles. The number of aromatic hydroxyl groups is 2. The van der Waals surface area contributed by atoms with E-state index in [-0.39, 0.29) is 5.92 Å². The number of allylic oxidation sites excluding steroid dienone is 2. The first-order valence-electron chi connectivity index (χ1n) is 6.24. The monoisotopic (exact) mass is 240 g/mol. The first-order valence-corrected chi connectivity index (χ1v) is 6.24. The molecule has 1 aliphatic carbocycles. The molecule has 0 bridgehead atoms. The first kappa shape index (κ1) is 11.1. The predicted octanol–water partition coefficient (Wildman–Crippen LogP) is 3.78. The standard InChI is InChI=1S/C16H16O2/c1-9-5-3-7-11-13(9)15(17)12-8-4-6-10(2)14(12)16(11)18/h3-7,10,17-18H,8H2,1-2H3. The number of fused-ring (bicyclic) bond motifs is 2. The second kappa shape index (κ2) is 3.77. The molecule has 0 aromatic heterocycles. The Morgan fingerprint density at radius 1 is 1.17 bits per heavy atom. The van der Waals surface area contributed by atoms with E-state index in [2.05, 4.69) is 12.2 Å². The Morgan fingerprint density at radius 3 is 2.72 bits per heavy atom. The third kappa shape index (κ3) is 1.35. The Hall–Kier alpha value is -1.96. The van der Waals surface area contributed by atoms with Crippen LogP contribution in [0, 0.1) is 6.92 Å². The fourth-order valence-electron chi connectivity index (χ4n) is 2.93. The van der Waals surface area contributed by atoms with Gasteiger partial charge in [-0.3, -0.25) is 0 Å². The highest BCUT2D eigenvalue weighted by Gasteiger charge is 2.23. The molecule has 3 rings (SSSR count). The second-order valence-corrected chi connectivity index (χ2v) is 5.01. The highest BCUT2D eigenvalue weighted by Crippen LogP contribution is 2.46. The normalized spacial score (nSPS) is 18.0. The van der Waals surface area contributed by atoms with Crippen molar-refractivity contribution in [2.24, 2.45) is 0 Å². The maximum absolute atomic E-state index is 10.5. The van der Waals surface area contributed by atoms with Crippen LogP contribution in [0.1, 0.15) is 29.5 Å². The van der Waals surface area contributed by atoms with Crippen LogP contribution in [0.5, 0.6) is 11.5 Å². The Labute approximate surface area is 106 Å². The Morgan fingerprint density at radius 2 is 1.94 bits per heavy atom. The molecule has 0 aliphatic heterocycles. The zero-order valence-electron chi connectivity index (χ0n) is 10.6. The minimum atomic E-state index is 0.143. The summed E-state index contributed by atoms with van der Waals surface area (Å²) in [5.74, 6) is 0.787. The molecule has 0 heterocycles. The summed E-state index contributed by atoms with van der Waals surface area (Å²) < 4.78 is 0. The molecule has 0 amide bonds. The molecule has 2 nitrogen and oxygen atoms in total. The van der Waals surface area contributed by atoms with Gasteiger partial charge in [-0.05, 0) is 18.9 Å². The molecule has 0 saturated heterocycles. The molecule has 0 spiro atoms. The Balaban J connectivity index is 2.50. The lowest BCUT2D eigenvalue weighted by molar-refractivity contribution is 0.456. The molecule has 2 N–H and O–H groups in total. The van der Waals surface area contributed by atoms with Gasteiger partial charge < -0.3 is 10.2 Å². The summed E-state index contributed by atoms with van der Waals surface area (Å²) in [4.78, 5) is 0. The van der Waals surface area contributed by atoms with Crippen LogP contribution in [0.4, 0.5) is 0 Å². The fourth-order valence-corrected chi connectivity index (χ4v) is 2.93. The van der Waals surface area contributed by atoms with Crippen molar-refractivity contribution < 1.29 is 10.2 Å². The van der Waals surface area contributed by atoms with Crippen LogP contribution in [-0.4, -0.2) is 10.2 Å². The van der Waals surface area contributed by atoms with Gasteiger partial charge in [-0.1, -0.05) is 37.3 Å². The molecule has 1 atom stereocenters. The van der Waals surface area contributed by atoms with Crippen molar-refractivity contribution in [3.63, 3.8) is 0 Å². The van der Waals surface area contributed by atoms with Crippen LogP contribution < -0.4 is 0 Å². The van der Waals surface area contributed by atoms with E-state index in [1.54, 1.807) is 0 Å². The average Bonchev–Trinajstić information content (AvgIpc) is 2.35. The lowest BCUT2D eigenvalue weighted by atomic mass is 9.84. The van der Waals surface area contributed by atoms with E-state index in [9.17, 15) is 10.2 Å². The number of aryl methyl sites for hydroxylation is 1. The topological polar surface area (TPSA) is 40.5 Å². The molecular weight excluding hydrogens is 224 g/mol. The van der Waals surface area contributed by atoms with Gasteiger partial charge in [0.15, 0.2) is 0 Å². The molecule has 18 heavy (non-hydrogen) atoms. The van der Waals surface area contributed by atoms with Crippen LogP contribution in [0.25, 0.3) is 10.8 Å². The van der Waals surface area contributed by atoms with E-state index in [0.717, 1.165) is 27.5 Å². The van der Waals surface area contributed by atoms with Crippen molar-refractivity contribution in [2.45, 2.75) is 26.2 Å². The van der Waals surface area contributed by atoms with E-state index < -0.39 is 0 Å². The van der Waals surface area contributed by atoms with Gasteiger partial charge in [-0.15, -0.1) is 0 Å². The van der Waals surface area contributed by atoms with E-state index in [1.807, 2.05) is 32.0 Å². The molecule has 92 valence electrons. The molecule has 2 aromatic carbocycles. The van der Waals surface area contributed by atoms with Crippen molar-refractivity contribution in [3.05, 3.63) is 47.0 Å². The first-order chi connectivity index (χ1) is 8.61. The number of rotatable bonds is 0. The van der Waals surface area contributed by atoms with Gasteiger partial charge in [-0.25, -0.2) is 0 Å². The predicted molar refractivity (Wildman–Crippen MR) is 73.3 cm³/mol. The number of benzene rings is 2. The zero-order valence-corrected chi connectivity index (χ0v) is 10.6. The average molecular weight is 240 g/mol. The number of hydrogen-bond donors (Lipinski definition) is 2. The molecule has 1 aliphatic rings. The van der Waals surface area contributed by atoms with Crippen LogP contribution >= 0.6 is 0 Å². The molecule has 2 heteroatoms. The highest BCUT2D eigenvalue weighted by atomic mass is 16.3. The third-order valence-electron chi connectivity index (χ3n) is 3.83. The summed E-state index contributed by atoms with van der Waals surface area (Å²) in [5.41, 5.74) is 2.72. The van der Waals surface area contributed by atoms with Gasteiger partial charge in [0.2, 0.25) is 0 Å². The summed E-state index contributed by atoms with van der Waals surface area (Å²) in [6.07, 6.45) is 4.81. The van der Waals surface area contributed by atoms with Crippen LogP contribution in [-0.2, 0) is 6.42 Å². The maximum atomic E-state index is 10.5. The van der Waals surface area contributed by atoms with Crippen molar-refractivity contribution in [2.75, 3.05) is 0 Å². The lowest BCUT2D eigenvalue weighted by Gasteiger charge is -2.22. The quantitative estimate of drug-likeness (QED) is 0.543. The van der Waals surface area contributed by atoms with Crippen molar-refractivity contribution in [1.29, 1.82) is 0 Å². The Kier molecular flexibility index (Phi) is 2.34. The van der Waals surface area contributed by atoms with Gasteiger partial charge in [0.1, 0.15) is 11.5 Å². The summed E-state index contributed by atoms with van der Waals surface area (Å²) in [6.45, 7) is 3.99. The summed E-state index contributed by atoms with van der Waals surface area (Å²) in [5, 5.41) is 22.5. The smallest absolute Gasteiger partial charge is 0.127 e. The van der Waals surface area contributed by atoms with Gasteiger partial charge in [0, 0.05) is 27.8 Å². The van der Waals surface area contributed by atoms with Crippen molar-refractivity contribution >= 4 is 10.8 Å². The minimum Gasteiger partial charge on any atom is -0.507 e. The largest absolute Gasteiger partial charge is 0.507 e. The molecule has 0 fully saturated rings. The number of phenolic OH excluding ortho intramolecular Hbond substituents is 2. The van der Waals surface area contributed by atoms with Crippen LogP contribution in [0.2, 0.25) is 0 Å². The minimum absolute atomic E-state index is 0.143. The molecule has 1 unspecified atom stereocenters. The van der Waals surface area contributed by atoms with E-state index in [0.29, 0.717) is 17.9 Å². The molecule has 0 radical (unpaired) electrons. The third-order valence-corrected chi connectivity index (χ3v) is 3.83. The lowest BCUT2D eigenvalue weighted by Crippen LogP contribution is -2.04. The van der Waals surface area contributed by atoms with Gasteiger partial charge >= 0.3 is 0 Å². The van der Waals surface area contributed by atoms with E-state index in [4.69, 9.17) is 0 Å². The van der Waals surface area contributed by atoms with E-state index in [1.165, 1.54) is 0 Å². The fraction of sp³-hybridized carbons (Fsp3) is 0.250. The Bertz CT molecular complexity index is 669. The van der Waals surface area contributed by atoms with Gasteiger partial charge in [0.05, 0.1) is 0 Å². The maximum Gasteiger partial charge on any atom is 0.127 e. The van der Waals surface area contributed by atoms with Crippen molar-refractivity contribution in [1.82, 2.24) is 0 Å². The molecular formula is C16H16O2. The second-order valence-electron chi connectivity index (χ2n) is 5.01. The number of hydrogen-bond acceptors (Lipinski definition) is 2. The van der Waals surface area contributed by atoms with Crippen molar-refractivity contribution in [3.8, 4) is 11.5 Å². The van der Waals surface area contributed by atoms with E-state index >= 15 is 0 Å².